The molecule has 4 aromatic rings. The Labute approximate surface area is 212 Å². The number of ether oxygens (including phenoxy) is 1. The van der Waals surface area contributed by atoms with Gasteiger partial charge in [-0.05, 0) is 80.5 Å². The summed E-state index contributed by atoms with van der Waals surface area (Å²) in [6.07, 6.45) is 4.63. The van der Waals surface area contributed by atoms with Crippen LogP contribution in [0.2, 0.25) is 5.02 Å². The number of phenols is 1. The maximum Gasteiger partial charge on any atom is 0.120 e. The van der Waals surface area contributed by atoms with Crippen molar-refractivity contribution in [3.05, 3.63) is 65.2 Å². The second-order valence-electron chi connectivity index (χ2n) is 8.98. The van der Waals surface area contributed by atoms with Gasteiger partial charge in [-0.1, -0.05) is 38.3 Å². The highest BCUT2D eigenvalue weighted by Gasteiger charge is 2.14. The molecule has 2 N–H and O–H groups in total. The molecule has 0 saturated carbocycles. The molecule has 4 rings (SSSR count). The number of nitrogens with zero attached hydrogens (tertiary/aromatic N) is 2. The third kappa shape index (κ3) is 5.98. The zero-order valence-corrected chi connectivity index (χ0v) is 21.5. The smallest absolute Gasteiger partial charge is 0.120 e. The van der Waals surface area contributed by atoms with Gasteiger partial charge < -0.3 is 15.2 Å². The van der Waals surface area contributed by atoms with Gasteiger partial charge in [-0.25, -0.2) is 4.98 Å². The molecular formula is C29H34ClN3O2. The highest BCUT2D eigenvalue weighted by atomic mass is 35.5. The maximum absolute atomic E-state index is 10.6. The summed E-state index contributed by atoms with van der Waals surface area (Å²) in [7, 11) is 1.66. The van der Waals surface area contributed by atoms with Crippen molar-refractivity contribution in [2.45, 2.75) is 46.1 Å². The SMILES string of the molecule is CCCCN(CCCC)Cc1cc(Nc2c3ccc(Cl)cc3nc3ccc(OC)cc23)ccc1O. The van der Waals surface area contributed by atoms with Gasteiger partial charge in [-0.15, -0.1) is 0 Å². The third-order valence-corrected chi connectivity index (χ3v) is 6.58. The number of nitrogens with one attached hydrogen (secondary N) is 1. The minimum absolute atomic E-state index is 0.325. The topological polar surface area (TPSA) is 57.6 Å². The highest BCUT2D eigenvalue weighted by Crippen LogP contribution is 2.36. The van der Waals surface area contributed by atoms with Gasteiger partial charge in [0, 0.05) is 33.6 Å². The number of aromatic nitrogens is 1. The van der Waals surface area contributed by atoms with Crippen molar-refractivity contribution < 1.29 is 9.84 Å². The molecule has 0 aliphatic heterocycles. The number of fused-ring (bicyclic) bond motifs is 2. The Morgan fingerprint density at radius 3 is 2.40 bits per heavy atom. The minimum Gasteiger partial charge on any atom is -0.508 e. The molecule has 0 amide bonds. The molecule has 6 heteroatoms. The number of halogens is 1. The van der Waals surface area contributed by atoms with E-state index in [2.05, 4.69) is 30.1 Å². The third-order valence-electron chi connectivity index (χ3n) is 6.34. The molecule has 0 spiro atoms. The number of hydrogen-bond acceptors (Lipinski definition) is 5. The van der Waals surface area contributed by atoms with E-state index < -0.39 is 0 Å². The molecule has 0 unspecified atom stereocenters. The van der Waals surface area contributed by atoms with E-state index in [4.69, 9.17) is 21.3 Å². The summed E-state index contributed by atoms with van der Waals surface area (Å²) < 4.78 is 5.49. The number of anilines is 2. The fraction of sp³-hybridized carbons (Fsp3) is 0.345. The lowest BCUT2D eigenvalue weighted by Gasteiger charge is -2.23. The van der Waals surface area contributed by atoms with E-state index in [9.17, 15) is 5.11 Å². The molecule has 1 aromatic heterocycles. The van der Waals surface area contributed by atoms with Gasteiger partial charge >= 0.3 is 0 Å². The normalized spacial score (nSPS) is 11.5. The zero-order chi connectivity index (χ0) is 24.8. The number of aromatic hydroxyl groups is 1. The largest absolute Gasteiger partial charge is 0.508 e. The van der Waals surface area contributed by atoms with Crippen LogP contribution in [0.25, 0.3) is 21.8 Å². The molecule has 0 saturated heterocycles. The lowest BCUT2D eigenvalue weighted by atomic mass is 10.1. The Balaban J connectivity index is 1.73. The Morgan fingerprint density at radius 2 is 1.69 bits per heavy atom. The van der Waals surface area contributed by atoms with Crippen LogP contribution in [0.5, 0.6) is 11.5 Å². The van der Waals surface area contributed by atoms with Crippen LogP contribution in [0.1, 0.15) is 45.1 Å². The molecular weight excluding hydrogens is 458 g/mol. The fourth-order valence-corrected chi connectivity index (χ4v) is 4.53. The molecule has 0 atom stereocenters. The predicted molar refractivity (Wildman–Crippen MR) is 147 cm³/mol. The summed E-state index contributed by atoms with van der Waals surface area (Å²) in [5, 5.41) is 16.8. The van der Waals surface area contributed by atoms with Gasteiger partial charge in [0.05, 0.1) is 23.8 Å². The second kappa shape index (κ2) is 11.6. The van der Waals surface area contributed by atoms with Crippen molar-refractivity contribution in [3.63, 3.8) is 0 Å². The molecule has 0 fully saturated rings. The van der Waals surface area contributed by atoms with Gasteiger partial charge in [-0.3, -0.25) is 4.90 Å². The van der Waals surface area contributed by atoms with Crippen LogP contribution in [-0.2, 0) is 6.54 Å². The molecule has 35 heavy (non-hydrogen) atoms. The van der Waals surface area contributed by atoms with Crippen LogP contribution in [0, 0.1) is 0 Å². The van der Waals surface area contributed by atoms with Gasteiger partial charge in [0.1, 0.15) is 11.5 Å². The number of hydrogen-bond donors (Lipinski definition) is 2. The first-order valence-corrected chi connectivity index (χ1v) is 12.8. The Morgan fingerprint density at radius 1 is 0.914 bits per heavy atom. The van der Waals surface area contributed by atoms with Crippen LogP contribution in [0.3, 0.4) is 0 Å². The van der Waals surface area contributed by atoms with Gasteiger partial charge in [-0.2, -0.15) is 0 Å². The number of rotatable bonds is 11. The first kappa shape index (κ1) is 25.1. The van der Waals surface area contributed by atoms with E-state index >= 15 is 0 Å². The summed E-state index contributed by atoms with van der Waals surface area (Å²) in [5.41, 5.74) is 4.45. The lowest BCUT2D eigenvalue weighted by molar-refractivity contribution is 0.254. The fourth-order valence-electron chi connectivity index (χ4n) is 4.37. The first-order valence-electron chi connectivity index (χ1n) is 12.4. The average molecular weight is 492 g/mol. The van der Waals surface area contributed by atoms with Crippen molar-refractivity contribution in [1.82, 2.24) is 9.88 Å². The lowest BCUT2D eigenvalue weighted by Crippen LogP contribution is -2.25. The number of phenolic OH excluding ortho intramolecular Hbond substituents is 1. The quantitative estimate of drug-likeness (QED) is 0.165. The van der Waals surface area contributed by atoms with Crippen LogP contribution in [-0.4, -0.2) is 35.2 Å². The summed E-state index contributed by atoms with van der Waals surface area (Å²) in [4.78, 5) is 7.26. The standard InChI is InChI=1S/C29H34ClN3O2/c1-4-6-14-33(15-7-5-2)19-20-16-22(9-13-28(20)34)31-29-24-11-8-21(30)17-27(24)32-26-12-10-23(35-3)18-25(26)29/h8-13,16-18,34H,4-7,14-15,19H2,1-3H3,(H,31,32). The number of methoxy groups -OCH3 is 1. The Kier molecular flexibility index (Phi) is 8.32. The van der Waals surface area contributed by atoms with Crippen molar-refractivity contribution in [2.24, 2.45) is 0 Å². The van der Waals surface area contributed by atoms with E-state index in [1.165, 1.54) is 0 Å². The molecule has 0 bridgehead atoms. The van der Waals surface area contributed by atoms with E-state index in [0.29, 0.717) is 10.8 Å². The molecule has 0 aliphatic rings. The van der Waals surface area contributed by atoms with Crippen molar-refractivity contribution in [2.75, 3.05) is 25.5 Å². The molecule has 0 radical (unpaired) electrons. The summed E-state index contributed by atoms with van der Waals surface area (Å²) in [5.74, 6) is 1.09. The van der Waals surface area contributed by atoms with Crippen LogP contribution in [0.4, 0.5) is 11.4 Å². The van der Waals surface area contributed by atoms with E-state index in [1.807, 2.05) is 42.5 Å². The molecule has 1 heterocycles. The van der Waals surface area contributed by atoms with Gasteiger partial charge in [0.25, 0.3) is 0 Å². The van der Waals surface area contributed by atoms with Crippen molar-refractivity contribution >= 4 is 44.8 Å². The van der Waals surface area contributed by atoms with Gasteiger partial charge in [0.2, 0.25) is 0 Å². The molecule has 184 valence electrons. The number of pyridine rings is 1. The zero-order valence-electron chi connectivity index (χ0n) is 20.8. The highest BCUT2D eigenvalue weighted by molar-refractivity contribution is 6.31. The molecule has 0 aliphatic carbocycles. The number of benzene rings is 3. The number of unbranched alkanes of at least 4 members (excludes halogenated alkanes) is 2. The van der Waals surface area contributed by atoms with Crippen molar-refractivity contribution in [1.29, 1.82) is 0 Å². The maximum atomic E-state index is 10.6. The predicted octanol–water partition coefficient (Wildman–Crippen LogP) is 7.90. The molecule has 3 aromatic carbocycles. The Hall–Kier alpha value is -3.02. The second-order valence-corrected chi connectivity index (χ2v) is 9.42. The van der Waals surface area contributed by atoms with E-state index in [1.54, 1.807) is 13.2 Å². The average Bonchev–Trinajstić information content (AvgIpc) is 2.86. The minimum atomic E-state index is 0.325. The van der Waals surface area contributed by atoms with Crippen LogP contribution >= 0.6 is 11.6 Å². The van der Waals surface area contributed by atoms with Gasteiger partial charge in [0.15, 0.2) is 0 Å². The summed E-state index contributed by atoms with van der Waals surface area (Å²) >= 11 is 6.28. The summed E-state index contributed by atoms with van der Waals surface area (Å²) in [6, 6.07) is 17.4. The molecule has 5 nitrogen and oxygen atoms in total. The van der Waals surface area contributed by atoms with E-state index in [0.717, 1.165) is 89.8 Å². The Bertz CT molecular complexity index is 1300. The van der Waals surface area contributed by atoms with Crippen LogP contribution in [0.15, 0.2) is 54.6 Å². The monoisotopic (exact) mass is 491 g/mol. The van der Waals surface area contributed by atoms with Crippen LogP contribution < -0.4 is 10.1 Å². The summed E-state index contributed by atoms with van der Waals surface area (Å²) in [6.45, 7) is 7.22. The first-order chi connectivity index (χ1) is 17.0. The van der Waals surface area contributed by atoms with Crippen molar-refractivity contribution in [3.8, 4) is 11.5 Å². The van der Waals surface area contributed by atoms with E-state index in [-0.39, 0.29) is 0 Å².